The number of rotatable bonds is 9. The first-order valence-corrected chi connectivity index (χ1v) is 35.9. The van der Waals surface area contributed by atoms with Crippen molar-refractivity contribution in [2.45, 2.75) is 183 Å². The molecule has 20 nitrogen and oxygen atoms in total. The smallest absolute Gasteiger partial charge is 0.318 e. The third kappa shape index (κ3) is 16.4. The number of hydrazone groups is 3. The molecular weight excluding hydrogens is 1360 g/mol. The van der Waals surface area contributed by atoms with E-state index in [9.17, 15) is 50.3 Å². The van der Waals surface area contributed by atoms with Crippen molar-refractivity contribution in [3.63, 3.8) is 0 Å². The van der Waals surface area contributed by atoms with Gasteiger partial charge in [0.1, 0.15) is 46.5 Å². The summed E-state index contributed by atoms with van der Waals surface area (Å²) in [6, 6.07) is 9.25. The minimum atomic E-state index is -0.660. The molecule has 8 heterocycles. The van der Waals surface area contributed by atoms with E-state index in [1.165, 1.54) is 64.3 Å². The van der Waals surface area contributed by atoms with Crippen molar-refractivity contribution in [2.75, 3.05) is 44.2 Å². The Morgan fingerprint density at radius 3 is 1.07 bits per heavy atom. The Hall–Kier alpha value is -7.52. The number of halogens is 7. The average Bonchev–Trinajstić information content (AvgIpc) is 1.56. The average molecular weight is 1460 g/mol. The van der Waals surface area contributed by atoms with Crippen LogP contribution in [0.2, 0.25) is 0 Å². The van der Waals surface area contributed by atoms with Crippen LogP contribution >= 0.6 is 15.9 Å². The van der Waals surface area contributed by atoms with Crippen LogP contribution in [0.5, 0.6) is 0 Å². The Balaban J connectivity index is 0.000000135. The minimum Gasteiger partial charge on any atom is -0.416 e. The highest BCUT2D eigenvalue weighted by atomic mass is 79.9. The number of nitrogens with zero attached hydrogens (tertiary/aromatic N) is 11. The van der Waals surface area contributed by atoms with E-state index in [0.717, 1.165) is 109 Å². The lowest BCUT2D eigenvalue weighted by Gasteiger charge is -2.35. The predicted octanol–water partition coefficient (Wildman–Crippen LogP) is 14.0. The van der Waals surface area contributed by atoms with Gasteiger partial charge in [-0.1, -0.05) is 46.6 Å². The SMILES string of the molecule is CC[C@]12CCC(CC1=O)C2(C)C.CC[C@]12CCC(CC1=O)C2(C)C.Cc1nnc(Br)o1.Cc1nnc(N2CCC(C(=O)N3N=CC[C@H]3c3cc(F)cc(F)c3)CC2)o1.O=C(C1CCNCC1)N1N=CC[C@H]1c1cc(F)cc(F)c1.O=C(C1CCNCC1)N1N=CC[C@H]1c1cc(F)cc(F)c1. The van der Waals surface area contributed by atoms with E-state index in [-0.39, 0.29) is 46.3 Å². The lowest BCUT2D eigenvalue weighted by molar-refractivity contribution is -0.139. The fourth-order valence-electron chi connectivity index (χ4n) is 16.9. The third-order valence-electron chi connectivity index (χ3n) is 23.0. The van der Waals surface area contributed by atoms with E-state index in [0.29, 0.717) is 119 Å². The fourth-order valence-corrected chi connectivity index (χ4v) is 17.2. The molecule has 2 unspecified atom stereocenters. The van der Waals surface area contributed by atoms with Gasteiger partial charge in [-0.3, -0.25) is 24.0 Å². The highest BCUT2D eigenvalue weighted by Gasteiger charge is 2.64. The molecule has 540 valence electrons. The van der Waals surface area contributed by atoms with Crippen LogP contribution in [-0.4, -0.2) is 123 Å². The van der Waals surface area contributed by atoms with Crippen molar-refractivity contribution in [2.24, 2.45) is 66.6 Å². The minimum absolute atomic E-state index is 0.0556. The molecule has 7 atom stereocenters. The molecule has 5 aromatic rings. The summed E-state index contributed by atoms with van der Waals surface area (Å²) < 4.78 is 90.8. The lowest BCUT2D eigenvalue weighted by Crippen LogP contribution is -2.41. The molecule has 0 radical (unpaired) electrons. The van der Waals surface area contributed by atoms with E-state index in [2.05, 4.69) is 104 Å². The van der Waals surface area contributed by atoms with E-state index >= 15 is 0 Å². The Kier molecular flexibility index (Phi) is 24.2. The number of carbonyl (C=O) groups is 5. The maximum atomic E-state index is 13.6. The topological polar surface area (TPSA) is 237 Å². The van der Waals surface area contributed by atoms with Crippen molar-refractivity contribution >= 4 is 69.9 Å². The van der Waals surface area contributed by atoms with Crippen LogP contribution in [0.3, 0.4) is 0 Å². The van der Waals surface area contributed by atoms with Gasteiger partial charge in [0, 0.05) is 140 Å². The number of carbonyl (C=O) groups excluding carboxylic acids is 5. The molecule has 3 aromatic carbocycles. The number of Topliss-reactive ketones (excluding diaryl/α,β-unsaturated/α-hetero) is 2. The number of anilines is 1. The van der Waals surface area contributed by atoms with E-state index in [1.54, 1.807) is 32.5 Å². The van der Waals surface area contributed by atoms with Gasteiger partial charge in [-0.15, -0.1) is 15.3 Å². The molecule has 7 fully saturated rings. The highest BCUT2D eigenvalue weighted by Crippen LogP contribution is 2.66. The maximum absolute atomic E-state index is 13.6. The van der Waals surface area contributed by atoms with Crippen molar-refractivity contribution < 1.29 is 59.1 Å². The van der Waals surface area contributed by atoms with Gasteiger partial charge >= 0.3 is 6.01 Å². The predicted molar refractivity (Wildman–Crippen MR) is 367 cm³/mol. The first-order valence-electron chi connectivity index (χ1n) is 35.1. The quantitative estimate of drug-likeness (QED) is 0.131. The van der Waals surface area contributed by atoms with Gasteiger partial charge in [0.25, 0.3) is 4.80 Å². The molecule has 4 saturated carbocycles. The molecule has 6 aliphatic heterocycles. The van der Waals surface area contributed by atoms with Crippen molar-refractivity contribution in [3.8, 4) is 0 Å². The van der Waals surface area contributed by atoms with Crippen LogP contribution in [0.1, 0.15) is 197 Å². The van der Waals surface area contributed by atoms with Crippen molar-refractivity contribution in [3.05, 3.63) is 123 Å². The number of ketones is 2. The number of hydrogen-bond acceptors (Lipinski definition) is 17. The molecule has 10 aliphatic rings. The van der Waals surface area contributed by atoms with Gasteiger partial charge < -0.3 is 24.4 Å². The molecule has 15 rings (SSSR count). The maximum Gasteiger partial charge on any atom is 0.318 e. The number of aryl methyl sites for hydroxylation is 2. The molecule has 3 saturated heterocycles. The number of amides is 3. The molecule has 100 heavy (non-hydrogen) atoms. The van der Waals surface area contributed by atoms with E-state index < -0.39 is 53.0 Å². The van der Waals surface area contributed by atoms with Gasteiger partial charge in [0.15, 0.2) is 0 Å². The first kappa shape index (κ1) is 75.2. The third-order valence-corrected chi connectivity index (χ3v) is 23.3. The second kappa shape index (κ2) is 32.2. The summed E-state index contributed by atoms with van der Waals surface area (Å²) in [4.78, 5) is 64.1. The van der Waals surface area contributed by atoms with Crippen LogP contribution in [0.25, 0.3) is 0 Å². The van der Waals surface area contributed by atoms with Crippen molar-refractivity contribution in [1.29, 1.82) is 0 Å². The number of aromatic nitrogens is 4. The van der Waals surface area contributed by atoms with Crippen LogP contribution < -0.4 is 15.5 Å². The molecule has 0 spiro atoms. The van der Waals surface area contributed by atoms with E-state index in [1.807, 2.05) is 4.90 Å². The summed E-state index contributed by atoms with van der Waals surface area (Å²) in [7, 11) is 0. The summed E-state index contributed by atoms with van der Waals surface area (Å²) in [6.07, 6.45) is 19.3. The zero-order valence-electron chi connectivity index (χ0n) is 58.2. The first-order chi connectivity index (χ1) is 47.7. The molecule has 3 amide bonds. The molecular formula is C73H92BrF6N13O7. The standard InChI is InChI=1S/C18H19F2N5O2.2C15H17F2N3O.2C11H18O.C3H3BrN2O/c1-11-22-23-18(27-11)24-6-3-12(4-7-24)17(26)25-16(2-5-21-25)13-8-14(19)10-15(20)9-13;2*16-12-7-11(8-13(17)9-12)14-3-6-19-20(14)15(21)10-1-4-18-5-2-10;2*1-4-11-6-5-8(7-9(11)12)10(11,2)3;1-2-5-6-3(4)7-2/h5,8-10,12,16H,2-4,6-7H2,1H3;2*6-10,14,18H,1-5H2;2*8H,4-7H2,1-3H3;1H3/t16-;2*14-;2*8?,11-;/m00000./s1. The number of nitrogens with one attached hydrogen (secondary N) is 2. The number of benzene rings is 3. The van der Waals surface area contributed by atoms with Crippen LogP contribution in [0, 0.1) is 100 Å². The molecule has 4 aliphatic carbocycles. The van der Waals surface area contributed by atoms with Gasteiger partial charge in [-0.25, -0.2) is 41.4 Å². The van der Waals surface area contributed by atoms with Gasteiger partial charge in [0.05, 0.1) is 18.1 Å². The molecule has 27 heteroatoms. The number of fused-ring (bicyclic) bond motifs is 4. The zero-order chi connectivity index (χ0) is 71.8. The summed E-state index contributed by atoms with van der Waals surface area (Å²) in [5.41, 5.74) is 2.03. The van der Waals surface area contributed by atoms with Crippen LogP contribution in [0.15, 0.2) is 83.5 Å². The molecule has 2 N–H and O–H groups in total. The molecule has 2 aromatic heterocycles. The second-order valence-electron chi connectivity index (χ2n) is 28.8. The van der Waals surface area contributed by atoms with Crippen molar-refractivity contribution in [1.82, 2.24) is 46.1 Å². The Morgan fingerprint density at radius 1 is 0.490 bits per heavy atom. The normalized spacial score (nSPS) is 26.3. The van der Waals surface area contributed by atoms with Gasteiger partial charge in [0.2, 0.25) is 29.5 Å². The Morgan fingerprint density at radius 2 is 0.820 bits per heavy atom. The Labute approximate surface area is 588 Å². The summed E-state index contributed by atoms with van der Waals surface area (Å²) >= 11 is 2.99. The molecule has 4 bridgehead atoms. The monoisotopic (exact) mass is 1460 g/mol. The largest absolute Gasteiger partial charge is 0.416 e. The van der Waals surface area contributed by atoms with Gasteiger partial charge in [-0.2, -0.15) is 15.3 Å². The number of piperidine rings is 3. The number of hydrogen-bond donors (Lipinski definition) is 2. The summed E-state index contributed by atoms with van der Waals surface area (Å²) in [6.45, 7) is 21.5. The Bertz CT molecular complexity index is 3600. The lowest BCUT2D eigenvalue weighted by atomic mass is 9.67. The zero-order valence-corrected chi connectivity index (χ0v) is 59.8. The van der Waals surface area contributed by atoms with Crippen LogP contribution in [0.4, 0.5) is 32.4 Å². The summed E-state index contributed by atoms with van der Waals surface area (Å²) in [5, 5.41) is 37.9. The highest BCUT2D eigenvalue weighted by molar-refractivity contribution is 9.10. The van der Waals surface area contributed by atoms with E-state index in [4.69, 9.17) is 8.83 Å². The van der Waals surface area contributed by atoms with Gasteiger partial charge in [-0.05, 0) is 179 Å². The second-order valence-corrected chi connectivity index (χ2v) is 29.5. The summed E-state index contributed by atoms with van der Waals surface area (Å²) in [5.74, 6) is -0.889. The van der Waals surface area contributed by atoms with Crippen LogP contribution in [-0.2, 0) is 24.0 Å². The fraction of sp³-hybridized carbons (Fsp3) is 0.589.